The number of carbonyl (C=O) groups is 3. The number of hydrogen-bond acceptors (Lipinski definition) is 4. The van der Waals surface area contributed by atoms with E-state index in [0.717, 1.165) is 0 Å². The van der Waals surface area contributed by atoms with Crippen molar-refractivity contribution in [1.29, 1.82) is 0 Å². The number of carbonyl (C=O) groups excluding carboxylic acids is 3. The molecule has 0 fully saturated rings. The maximum Gasteiger partial charge on any atom is 0.306 e. The Morgan fingerprint density at radius 2 is 1.86 bits per heavy atom. The lowest BCUT2D eigenvalue weighted by molar-refractivity contribution is -0.142. The average Bonchev–Trinajstić information content (AvgIpc) is 2.13. The van der Waals surface area contributed by atoms with Crippen LogP contribution in [-0.2, 0) is 19.1 Å². The van der Waals surface area contributed by atoms with Gasteiger partial charge in [0.25, 0.3) is 0 Å². The van der Waals surface area contributed by atoms with Crippen molar-refractivity contribution < 1.29 is 19.1 Å². The molecule has 0 aliphatic carbocycles. The molecule has 0 aromatic rings. The summed E-state index contributed by atoms with van der Waals surface area (Å²) in [7, 11) is 1.26. The lowest BCUT2D eigenvalue weighted by Crippen LogP contribution is -2.37. The lowest BCUT2D eigenvalue weighted by Gasteiger charge is -2.09. The fourth-order valence-corrected chi connectivity index (χ4v) is 0.733. The number of esters is 1. The topological polar surface area (TPSA) is 72.5 Å². The molecular weight excluding hydrogens is 186 g/mol. The van der Waals surface area contributed by atoms with E-state index >= 15 is 0 Å². The third-order valence-electron chi connectivity index (χ3n) is 1.77. The number of Topliss-reactive ketones (excluding diaryl/α,β-unsaturated/α-hetero) is 1. The number of ketones is 1. The summed E-state index contributed by atoms with van der Waals surface area (Å²) in [5.74, 6) is -0.870. The standard InChI is InChI=1S/C9H15NO4/c1-6(7(2)11)10-8(12)4-5-9(13)14-3/h6H,4-5H2,1-3H3,(H,10,12). The van der Waals surface area contributed by atoms with Gasteiger partial charge in [-0.15, -0.1) is 0 Å². The number of methoxy groups -OCH3 is 1. The summed E-state index contributed by atoms with van der Waals surface area (Å²) in [5, 5.41) is 2.46. The van der Waals surface area contributed by atoms with Crippen molar-refractivity contribution in [1.82, 2.24) is 5.32 Å². The maximum absolute atomic E-state index is 11.1. The van der Waals surface area contributed by atoms with Gasteiger partial charge in [-0.2, -0.15) is 0 Å². The van der Waals surface area contributed by atoms with Gasteiger partial charge in [0.15, 0.2) is 5.78 Å². The van der Waals surface area contributed by atoms with E-state index in [9.17, 15) is 14.4 Å². The van der Waals surface area contributed by atoms with Gasteiger partial charge in [-0.1, -0.05) is 0 Å². The largest absolute Gasteiger partial charge is 0.469 e. The molecule has 0 spiro atoms. The molecular formula is C9H15NO4. The highest BCUT2D eigenvalue weighted by molar-refractivity contribution is 5.88. The second-order valence-corrected chi connectivity index (χ2v) is 2.98. The second kappa shape index (κ2) is 6.12. The highest BCUT2D eigenvalue weighted by Crippen LogP contribution is 1.93. The van der Waals surface area contributed by atoms with Crippen molar-refractivity contribution in [3.05, 3.63) is 0 Å². The zero-order valence-corrected chi connectivity index (χ0v) is 8.62. The fraction of sp³-hybridized carbons (Fsp3) is 0.667. The molecule has 0 aliphatic rings. The van der Waals surface area contributed by atoms with Crippen molar-refractivity contribution in [3.63, 3.8) is 0 Å². The molecule has 1 unspecified atom stereocenters. The Kier molecular flexibility index (Phi) is 5.52. The van der Waals surface area contributed by atoms with Crippen molar-refractivity contribution >= 4 is 17.7 Å². The van der Waals surface area contributed by atoms with Crippen LogP contribution in [0.15, 0.2) is 0 Å². The SMILES string of the molecule is COC(=O)CCC(=O)NC(C)C(C)=O. The molecule has 1 amide bonds. The molecule has 80 valence electrons. The highest BCUT2D eigenvalue weighted by Gasteiger charge is 2.12. The Hall–Kier alpha value is -1.39. The fourth-order valence-electron chi connectivity index (χ4n) is 0.733. The summed E-state index contributed by atoms with van der Waals surface area (Å²) in [6.45, 7) is 2.99. The zero-order chi connectivity index (χ0) is 11.1. The predicted molar refractivity (Wildman–Crippen MR) is 49.5 cm³/mol. The number of amides is 1. The van der Waals surface area contributed by atoms with Gasteiger partial charge >= 0.3 is 5.97 Å². The van der Waals surface area contributed by atoms with Crippen LogP contribution in [0.1, 0.15) is 26.7 Å². The molecule has 1 N–H and O–H groups in total. The summed E-state index contributed by atoms with van der Waals surface area (Å²) in [4.78, 5) is 32.5. The van der Waals surface area contributed by atoms with Crippen molar-refractivity contribution in [2.24, 2.45) is 0 Å². The third kappa shape index (κ3) is 5.29. The minimum absolute atomic E-state index is 0.0347. The molecule has 0 aromatic carbocycles. The van der Waals surface area contributed by atoms with E-state index in [2.05, 4.69) is 10.1 Å². The Morgan fingerprint density at radius 1 is 1.29 bits per heavy atom. The first-order chi connectivity index (χ1) is 6.47. The first kappa shape index (κ1) is 12.6. The van der Waals surface area contributed by atoms with Crippen LogP contribution in [0.4, 0.5) is 0 Å². The Labute approximate surface area is 82.8 Å². The first-order valence-electron chi connectivity index (χ1n) is 4.34. The Morgan fingerprint density at radius 3 is 2.29 bits per heavy atom. The van der Waals surface area contributed by atoms with Gasteiger partial charge in [0, 0.05) is 6.42 Å². The molecule has 5 heteroatoms. The molecule has 5 nitrogen and oxygen atoms in total. The quantitative estimate of drug-likeness (QED) is 0.637. The van der Waals surface area contributed by atoms with Crippen LogP contribution >= 0.6 is 0 Å². The van der Waals surface area contributed by atoms with Crippen LogP contribution in [0.2, 0.25) is 0 Å². The molecule has 0 heterocycles. The Bertz CT molecular complexity index is 237. The van der Waals surface area contributed by atoms with Gasteiger partial charge < -0.3 is 10.1 Å². The summed E-state index contributed by atoms with van der Waals surface area (Å²) in [6.07, 6.45) is 0.0806. The average molecular weight is 201 g/mol. The van der Waals surface area contributed by atoms with E-state index in [1.54, 1.807) is 6.92 Å². The molecule has 14 heavy (non-hydrogen) atoms. The van der Waals surface area contributed by atoms with Gasteiger partial charge in [0.1, 0.15) is 0 Å². The summed E-state index contributed by atoms with van der Waals surface area (Å²) in [6, 6.07) is -0.500. The zero-order valence-electron chi connectivity index (χ0n) is 8.62. The molecule has 0 saturated heterocycles. The minimum Gasteiger partial charge on any atom is -0.469 e. The molecule has 1 atom stereocenters. The van der Waals surface area contributed by atoms with Crippen LogP contribution in [0.25, 0.3) is 0 Å². The molecule has 0 bridgehead atoms. The number of hydrogen-bond donors (Lipinski definition) is 1. The first-order valence-corrected chi connectivity index (χ1v) is 4.34. The monoisotopic (exact) mass is 201 g/mol. The van der Waals surface area contributed by atoms with Crippen LogP contribution in [-0.4, -0.2) is 30.8 Å². The van der Waals surface area contributed by atoms with Gasteiger partial charge in [-0.25, -0.2) is 0 Å². The van der Waals surface area contributed by atoms with E-state index in [-0.39, 0.29) is 24.5 Å². The number of ether oxygens (including phenoxy) is 1. The molecule has 0 aliphatic heterocycles. The van der Waals surface area contributed by atoms with Crippen molar-refractivity contribution in [2.45, 2.75) is 32.7 Å². The second-order valence-electron chi connectivity index (χ2n) is 2.98. The van der Waals surface area contributed by atoms with Gasteiger partial charge in [0.05, 0.1) is 19.6 Å². The molecule has 0 rings (SSSR count). The normalized spacial score (nSPS) is 11.6. The van der Waals surface area contributed by atoms with Gasteiger partial charge in [0.2, 0.25) is 5.91 Å². The van der Waals surface area contributed by atoms with Crippen LogP contribution in [0, 0.1) is 0 Å². The maximum atomic E-state index is 11.1. The van der Waals surface area contributed by atoms with Gasteiger partial charge in [-0.3, -0.25) is 14.4 Å². The molecule has 0 aromatic heterocycles. The molecule has 0 radical (unpaired) electrons. The van der Waals surface area contributed by atoms with Crippen LogP contribution in [0.5, 0.6) is 0 Å². The van der Waals surface area contributed by atoms with E-state index in [1.165, 1.54) is 14.0 Å². The van der Waals surface area contributed by atoms with E-state index in [0.29, 0.717) is 0 Å². The smallest absolute Gasteiger partial charge is 0.306 e. The summed E-state index contributed by atoms with van der Waals surface area (Å²) >= 11 is 0. The number of nitrogens with one attached hydrogen (secondary N) is 1. The van der Waals surface area contributed by atoms with Crippen molar-refractivity contribution in [3.8, 4) is 0 Å². The number of rotatable bonds is 5. The van der Waals surface area contributed by atoms with E-state index in [1.807, 2.05) is 0 Å². The predicted octanol–water partition coefficient (Wildman–Crippen LogP) is 0.0333. The minimum atomic E-state index is -0.500. The van der Waals surface area contributed by atoms with E-state index in [4.69, 9.17) is 0 Å². The summed E-state index contributed by atoms with van der Waals surface area (Å²) in [5.41, 5.74) is 0. The van der Waals surface area contributed by atoms with Crippen molar-refractivity contribution in [2.75, 3.05) is 7.11 Å². The van der Waals surface area contributed by atoms with Crippen LogP contribution < -0.4 is 5.32 Å². The Balaban J connectivity index is 3.76. The van der Waals surface area contributed by atoms with E-state index < -0.39 is 12.0 Å². The molecule has 0 saturated carbocycles. The highest BCUT2D eigenvalue weighted by atomic mass is 16.5. The van der Waals surface area contributed by atoms with Gasteiger partial charge in [-0.05, 0) is 13.8 Å². The van der Waals surface area contributed by atoms with Crippen LogP contribution in [0.3, 0.4) is 0 Å². The lowest BCUT2D eigenvalue weighted by atomic mass is 10.2. The third-order valence-corrected chi connectivity index (χ3v) is 1.77. The summed E-state index contributed by atoms with van der Waals surface area (Å²) < 4.78 is 4.37.